The normalized spacial score (nSPS) is 10.6. The van der Waals surface area contributed by atoms with E-state index in [2.05, 4.69) is 21.0 Å². The minimum atomic E-state index is 0.260. The predicted molar refractivity (Wildman–Crippen MR) is 75.2 cm³/mol. The molecule has 98 valence electrons. The molecule has 0 fully saturated rings. The van der Waals surface area contributed by atoms with Gasteiger partial charge in [0.15, 0.2) is 0 Å². The lowest BCUT2D eigenvalue weighted by Gasteiger charge is -2.06. The molecule has 0 bridgehead atoms. The average Bonchev–Trinajstić information content (AvgIpc) is 2.80. The van der Waals surface area contributed by atoms with Crippen LogP contribution >= 0.6 is 11.6 Å². The molecule has 0 radical (unpaired) electrons. The van der Waals surface area contributed by atoms with E-state index in [0.717, 1.165) is 22.6 Å². The molecular weight excluding hydrogens is 274 g/mol. The zero-order chi connectivity index (χ0) is 13.9. The van der Waals surface area contributed by atoms with Crippen LogP contribution in [0.15, 0.2) is 36.7 Å². The topological polar surface area (TPSA) is 67.4 Å². The van der Waals surface area contributed by atoms with E-state index in [1.807, 2.05) is 28.8 Å². The van der Waals surface area contributed by atoms with Gasteiger partial charge in [0.1, 0.15) is 11.0 Å². The fourth-order valence-electron chi connectivity index (χ4n) is 2.09. The largest absolute Gasteiger partial charge is 0.321 e. The van der Waals surface area contributed by atoms with Crippen LogP contribution in [0.5, 0.6) is 0 Å². The van der Waals surface area contributed by atoms with E-state index in [1.165, 1.54) is 6.20 Å². The zero-order valence-electron chi connectivity index (χ0n) is 10.5. The van der Waals surface area contributed by atoms with Crippen LogP contribution in [0, 0.1) is 11.3 Å². The summed E-state index contributed by atoms with van der Waals surface area (Å²) in [5, 5.41) is 9.29. The summed E-state index contributed by atoms with van der Waals surface area (Å²) in [7, 11) is 0. The molecule has 0 aliphatic rings. The second kappa shape index (κ2) is 5.27. The number of fused-ring (bicyclic) bond motifs is 1. The van der Waals surface area contributed by atoms with E-state index in [-0.39, 0.29) is 6.42 Å². The minimum absolute atomic E-state index is 0.260. The summed E-state index contributed by atoms with van der Waals surface area (Å²) in [4.78, 5) is 12.7. The van der Waals surface area contributed by atoms with Gasteiger partial charge >= 0.3 is 0 Å². The minimum Gasteiger partial charge on any atom is -0.321 e. The highest BCUT2D eigenvalue weighted by atomic mass is 35.5. The summed E-state index contributed by atoms with van der Waals surface area (Å²) in [6.45, 7) is 0.516. The van der Waals surface area contributed by atoms with Gasteiger partial charge in [0.25, 0.3) is 0 Å². The van der Waals surface area contributed by atoms with Crippen molar-refractivity contribution in [1.29, 1.82) is 5.26 Å². The van der Waals surface area contributed by atoms with Gasteiger partial charge in [-0.3, -0.25) is 4.98 Å². The molecule has 0 saturated carbocycles. The number of imidazole rings is 1. The number of hydrogen-bond donors (Lipinski definition) is 0. The number of para-hydroxylation sites is 2. The SMILES string of the molecule is N#CCc1nc2ccccc2n1Cc1cnc(Cl)cn1. The van der Waals surface area contributed by atoms with Crippen LogP contribution < -0.4 is 0 Å². The Morgan fingerprint density at radius 1 is 1.20 bits per heavy atom. The van der Waals surface area contributed by atoms with Crippen LogP contribution in [-0.2, 0) is 13.0 Å². The first-order valence-electron chi connectivity index (χ1n) is 6.05. The number of nitriles is 1. The lowest BCUT2D eigenvalue weighted by Crippen LogP contribution is -2.06. The Morgan fingerprint density at radius 3 is 2.80 bits per heavy atom. The van der Waals surface area contributed by atoms with Gasteiger partial charge < -0.3 is 4.57 Å². The molecule has 0 unspecified atom stereocenters. The Kier molecular flexibility index (Phi) is 3.32. The first-order valence-corrected chi connectivity index (χ1v) is 6.43. The molecular formula is C14H10ClN5. The molecule has 0 N–H and O–H groups in total. The van der Waals surface area contributed by atoms with Crippen LogP contribution in [0.3, 0.4) is 0 Å². The number of nitrogens with zero attached hydrogens (tertiary/aromatic N) is 5. The average molecular weight is 284 g/mol. The van der Waals surface area contributed by atoms with Crippen molar-refractivity contribution >= 4 is 22.6 Å². The van der Waals surface area contributed by atoms with Crippen molar-refractivity contribution in [1.82, 2.24) is 19.5 Å². The smallest absolute Gasteiger partial charge is 0.147 e. The summed E-state index contributed by atoms with van der Waals surface area (Å²) in [6, 6.07) is 9.93. The number of benzene rings is 1. The fraction of sp³-hybridized carbons (Fsp3) is 0.143. The molecule has 0 aliphatic carbocycles. The van der Waals surface area contributed by atoms with Gasteiger partial charge in [-0.1, -0.05) is 23.7 Å². The summed E-state index contributed by atoms with van der Waals surface area (Å²) in [6.07, 6.45) is 3.41. The van der Waals surface area contributed by atoms with E-state index in [9.17, 15) is 0 Å². The Labute approximate surface area is 120 Å². The monoisotopic (exact) mass is 283 g/mol. The van der Waals surface area contributed by atoms with Crippen LogP contribution in [0.4, 0.5) is 0 Å². The Morgan fingerprint density at radius 2 is 2.05 bits per heavy atom. The molecule has 2 aromatic heterocycles. The quantitative estimate of drug-likeness (QED) is 0.741. The highest BCUT2D eigenvalue weighted by molar-refractivity contribution is 6.29. The highest BCUT2D eigenvalue weighted by Gasteiger charge is 2.11. The second-order valence-electron chi connectivity index (χ2n) is 4.27. The van der Waals surface area contributed by atoms with Gasteiger partial charge in [-0.05, 0) is 12.1 Å². The van der Waals surface area contributed by atoms with Crippen molar-refractivity contribution < 1.29 is 0 Å². The zero-order valence-corrected chi connectivity index (χ0v) is 11.2. The van der Waals surface area contributed by atoms with Crippen molar-refractivity contribution in [2.75, 3.05) is 0 Å². The third-order valence-corrected chi connectivity index (χ3v) is 3.16. The summed E-state index contributed by atoms with van der Waals surface area (Å²) in [5.41, 5.74) is 2.63. The third kappa shape index (κ3) is 2.33. The van der Waals surface area contributed by atoms with E-state index in [0.29, 0.717) is 11.7 Å². The second-order valence-corrected chi connectivity index (χ2v) is 4.66. The van der Waals surface area contributed by atoms with Gasteiger partial charge in [-0.15, -0.1) is 0 Å². The van der Waals surface area contributed by atoms with Crippen LogP contribution in [0.2, 0.25) is 5.15 Å². The third-order valence-electron chi connectivity index (χ3n) is 2.96. The van der Waals surface area contributed by atoms with E-state index >= 15 is 0 Å². The van der Waals surface area contributed by atoms with Crippen molar-refractivity contribution in [3.05, 3.63) is 53.3 Å². The van der Waals surface area contributed by atoms with Crippen molar-refractivity contribution in [3.63, 3.8) is 0 Å². The summed E-state index contributed by atoms with van der Waals surface area (Å²) in [5.74, 6) is 0.727. The van der Waals surface area contributed by atoms with Crippen LogP contribution in [0.1, 0.15) is 11.5 Å². The number of aromatic nitrogens is 4. The van der Waals surface area contributed by atoms with Crippen molar-refractivity contribution in [2.24, 2.45) is 0 Å². The summed E-state index contributed by atoms with van der Waals surface area (Å²) < 4.78 is 1.98. The van der Waals surface area contributed by atoms with Crippen LogP contribution in [0.25, 0.3) is 11.0 Å². The van der Waals surface area contributed by atoms with E-state index in [4.69, 9.17) is 16.9 Å². The first-order chi connectivity index (χ1) is 9.78. The van der Waals surface area contributed by atoms with Crippen molar-refractivity contribution in [2.45, 2.75) is 13.0 Å². The lowest BCUT2D eigenvalue weighted by atomic mass is 10.3. The van der Waals surface area contributed by atoms with Gasteiger partial charge in [-0.25, -0.2) is 9.97 Å². The molecule has 6 heteroatoms. The molecule has 0 aliphatic heterocycles. The molecule has 0 spiro atoms. The molecule has 3 aromatic rings. The van der Waals surface area contributed by atoms with Gasteiger partial charge in [0, 0.05) is 0 Å². The molecule has 0 saturated heterocycles. The number of rotatable bonds is 3. The Bertz CT molecular complexity index is 785. The number of halogens is 1. The van der Waals surface area contributed by atoms with Gasteiger partial charge in [-0.2, -0.15) is 5.26 Å². The van der Waals surface area contributed by atoms with E-state index < -0.39 is 0 Å². The maximum absolute atomic E-state index is 8.92. The number of hydrogen-bond acceptors (Lipinski definition) is 4. The molecule has 3 rings (SSSR count). The molecule has 2 heterocycles. The Balaban J connectivity index is 2.06. The highest BCUT2D eigenvalue weighted by Crippen LogP contribution is 2.17. The van der Waals surface area contributed by atoms with Gasteiger partial charge in [0.05, 0.1) is 48.2 Å². The molecule has 0 amide bonds. The standard InChI is InChI=1S/C14H10ClN5/c15-13-8-17-10(7-18-13)9-20-12-4-2-1-3-11(12)19-14(20)5-6-16/h1-4,7-8H,5,9H2. The first kappa shape index (κ1) is 12.6. The summed E-state index contributed by atoms with van der Waals surface area (Å²) >= 11 is 5.73. The molecule has 0 atom stereocenters. The Hall–Kier alpha value is -2.45. The maximum Gasteiger partial charge on any atom is 0.147 e. The van der Waals surface area contributed by atoms with Crippen molar-refractivity contribution in [3.8, 4) is 6.07 Å². The molecule has 5 nitrogen and oxygen atoms in total. The van der Waals surface area contributed by atoms with Crippen LogP contribution in [-0.4, -0.2) is 19.5 Å². The predicted octanol–water partition coefficient (Wildman–Crippen LogP) is 2.59. The van der Waals surface area contributed by atoms with E-state index in [1.54, 1.807) is 6.20 Å². The molecule has 20 heavy (non-hydrogen) atoms. The maximum atomic E-state index is 8.92. The van der Waals surface area contributed by atoms with Gasteiger partial charge in [0.2, 0.25) is 0 Å². The fourth-order valence-corrected chi connectivity index (χ4v) is 2.19. The molecule has 1 aromatic carbocycles. The lowest BCUT2D eigenvalue weighted by molar-refractivity contribution is 0.746.